The molecule has 0 spiro atoms. The number of benzene rings is 2. The number of sulfonamides is 1. The maximum absolute atomic E-state index is 12.8. The van der Waals surface area contributed by atoms with E-state index in [4.69, 9.17) is 23.2 Å². The number of anilines is 1. The summed E-state index contributed by atoms with van der Waals surface area (Å²) >= 11 is 11.7. The highest BCUT2D eigenvalue weighted by atomic mass is 35.5. The predicted molar refractivity (Wildman–Crippen MR) is 117 cm³/mol. The number of halogens is 2. The van der Waals surface area contributed by atoms with E-state index in [2.05, 4.69) is 4.72 Å². The average Bonchev–Trinajstić information content (AvgIpc) is 3.04. The fourth-order valence-corrected chi connectivity index (χ4v) is 6.47. The van der Waals surface area contributed by atoms with Gasteiger partial charge in [-0.1, -0.05) is 23.2 Å². The third-order valence-electron chi connectivity index (χ3n) is 4.84. The van der Waals surface area contributed by atoms with Crippen molar-refractivity contribution in [1.29, 1.82) is 0 Å². The summed E-state index contributed by atoms with van der Waals surface area (Å²) in [7, 11) is -7.00. The second-order valence-electron chi connectivity index (χ2n) is 6.91. The lowest BCUT2D eigenvalue weighted by atomic mass is 10.1. The summed E-state index contributed by atoms with van der Waals surface area (Å²) in [4.78, 5) is 14.3. The van der Waals surface area contributed by atoms with Crippen molar-refractivity contribution in [2.24, 2.45) is 0 Å². The highest BCUT2D eigenvalue weighted by Crippen LogP contribution is 2.26. The van der Waals surface area contributed by atoms with Gasteiger partial charge >= 0.3 is 0 Å². The van der Waals surface area contributed by atoms with Crippen molar-refractivity contribution in [3.8, 4) is 0 Å². The maximum atomic E-state index is 12.8. The normalized spacial score (nSPS) is 18.2. The molecule has 0 aromatic heterocycles. The van der Waals surface area contributed by atoms with Crippen molar-refractivity contribution in [3.05, 3.63) is 58.1 Å². The molecule has 1 N–H and O–H groups in total. The summed E-state index contributed by atoms with van der Waals surface area (Å²) in [5.74, 6) is -0.246. The Balaban J connectivity index is 1.75. The summed E-state index contributed by atoms with van der Waals surface area (Å²) in [6.45, 7) is 2.17. The Morgan fingerprint density at radius 3 is 2.33 bits per heavy atom. The molecule has 1 fully saturated rings. The van der Waals surface area contributed by atoms with Gasteiger partial charge in [-0.15, -0.1) is 0 Å². The number of carbonyl (C=O) groups is 1. The first-order valence-electron chi connectivity index (χ1n) is 9.12. The van der Waals surface area contributed by atoms with Crippen LogP contribution in [0.15, 0.2) is 47.4 Å². The fraction of sp³-hybridized carbons (Fsp3) is 0.316. The van der Waals surface area contributed by atoms with Crippen LogP contribution in [0.25, 0.3) is 0 Å². The van der Waals surface area contributed by atoms with Gasteiger partial charge in [0.15, 0.2) is 9.84 Å². The lowest BCUT2D eigenvalue weighted by molar-refractivity contribution is 0.0708. The van der Waals surface area contributed by atoms with Crippen LogP contribution in [0.4, 0.5) is 5.69 Å². The number of rotatable bonds is 6. The molecule has 11 heteroatoms. The molecule has 3 rings (SSSR count). The van der Waals surface area contributed by atoms with E-state index in [-0.39, 0.29) is 44.1 Å². The van der Waals surface area contributed by atoms with Crippen molar-refractivity contribution in [2.45, 2.75) is 24.3 Å². The molecule has 1 aliphatic heterocycles. The van der Waals surface area contributed by atoms with Crippen molar-refractivity contribution < 1.29 is 21.6 Å². The second-order valence-corrected chi connectivity index (χ2v) is 11.6. The Labute approximate surface area is 186 Å². The molecule has 2 aromatic rings. The molecular weight excluding hydrogens is 471 g/mol. The zero-order valence-electron chi connectivity index (χ0n) is 16.0. The van der Waals surface area contributed by atoms with E-state index in [1.807, 2.05) is 0 Å². The van der Waals surface area contributed by atoms with E-state index in [1.54, 1.807) is 11.8 Å². The van der Waals surface area contributed by atoms with Gasteiger partial charge in [0, 0.05) is 23.8 Å². The first-order valence-corrected chi connectivity index (χ1v) is 13.2. The standard InChI is InChI=1S/C19H20Cl2N2O5S2/c1-2-23(15-9-10-29(25,26)12-15)19(24)13-3-5-14(6-4-13)22-30(27,28)16-7-8-17(20)18(21)11-16/h3-8,11,15,22H,2,9-10,12H2,1H3/t15-/m1/s1. The number of hydrogen-bond acceptors (Lipinski definition) is 5. The summed E-state index contributed by atoms with van der Waals surface area (Å²) in [5, 5.41) is 0.364. The van der Waals surface area contributed by atoms with E-state index in [1.165, 1.54) is 42.5 Å². The van der Waals surface area contributed by atoms with Gasteiger partial charge in [-0.3, -0.25) is 9.52 Å². The zero-order chi connectivity index (χ0) is 22.1. The maximum Gasteiger partial charge on any atom is 0.261 e. The lowest BCUT2D eigenvalue weighted by Crippen LogP contribution is -2.40. The third-order valence-corrected chi connectivity index (χ3v) is 8.70. The van der Waals surface area contributed by atoms with Gasteiger partial charge in [0.25, 0.3) is 15.9 Å². The number of carbonyl (C=O) groups excluding carboxylic acids is 1. The second kappa shape index (κ2) is 8.74. The first-order chi connectivity index (χ1) is 14.0. The molecule has 0 aliphatic carbocycles. The van der Waals surface area contributed by atoms with E-state index in [0.29, 0.717) is 18.5 Å². The van der Waals surface area contributed by atoms with E-state index < -0.39 is 19.9 Å². The van der Waals surface area contributed by atoms with Gasteiger partial charge in [-0.05, 0) is 55.8 Å². The number of amides is 1. The Bertz CT molecular complexity index is 1170. The van der Waals surface area contributed by atoms with Crippen molar-refractivity contribution >= 4 is 54.7 Å². The molecule has 0 unspecified atom stereocenters. The third kappa shape index (κ3) is 5.08. The van der Waals surface area contributed by atoms with Crippen LogP contribution >= 0.6 is 23.2 Å². The van der Waals surface area contributed by atoms with Crippen molar-refractivity contribution in [2.75, 3.05) is 22.8 Å². The van der Waals surface area contributed by atoms with Crippen LogP contribution < -0.4 is 4.72 Å². The summed E-state index contributed by atoms with van der Waals surface area (Å²) in [5.41, 5.74) is 0.614. The Morgan fingerprint density at radius 2 is 1.80 bits per heavy atom. The monoisotopic (exact) mass is 490 g/mol. The average molecular weight is 491 g/mol. The fourth-order valence-electron chi connectivity index (χ4n) is 3.29. The van der Waals surface area contributed by atoms with Crippen molar-refractivity contribution in [1.82, 2.24) is 4.90 Å². The molecule has 2 aromatic carbocycles. The molecule has 0 radical (unpaired) electrons. The Hall–Kier alpha value is -1.81. The molecule has 1 amide bonds. The molecule has 7 nitrogen and oxygen atoms in total. The SMILES string of the molecule is CCN(C(=O)c1ccc(NS(=O)(=O)c2ccc(Cl)c(Cl)c2)cc1)[C@@H]1CCS(=O)(=O)C1. The quantitative estimate of drug-likeness (QED) is 0.667. The van der Waals surface area contributed by atoms with Gasteiger partial charge in [0.1, 0.15) is 0 Å². The highest BCUT2D eigenvalue weighted by molar-refractivity contribution is 7.92. The molecule has 30 heavy (non-hydrogen) atoms. The minimum Gasteiger partial charge on any atom is -0.335 e. The molecule has 0 bridgehead atoms. The zero-order valence-corrected chi connectivity index (χ0v) is 19.2. The molecule has 1 aliphatic rings. The summed E-state index contributed by atoms with van der Waals surface area (Å²) in [6.07, 6.45) is 0.420. The van der Waals surface area contributed by atoms with Crippen LogP contribution in [0.5, 0.6) is 0 Å². The summed E-state index contributed by atoms with van der Waals surface area (Å²) in [6, 6.07) is 9.58. The Kier molecular flexibility index (Phi) is 6.66. The molecule has 1 heterocycles. The van der Waals surface area contributed by atoms with Gasteiger partial charge in [-0.25, -0.2) is 16.8 Å². The van der Waals surface area contributed by atoms with Gasteiger partial charge in [0.05, 0.1) is 26.4 Å². The predicted octanol–water partition coefficient (Wildman–Crippen LogP) is 3.44. The highest BCUT2D eigenvalue weighted by Gasteiger charge is 2.34. The van der Waals surface area contributed by atoms with E-state index >= 15 is 0 Å². The number of hydrogen-bond donors (Lipinski definition) is 1. The molecule has 1 atom stereocenters. The number of sulfone groups is 1. The minimum absolute atomic E-state index is 0.0336. The van der Waals surface area contributed by atoms with Crippen LogP contribution in [0, 0.1) is 0 Å². The molecule has 162 valence electrons. The van der Waals surface area contributed by atoms with Crippen LogP contribution in [-0.2, 0) is 19.9 Å². The Morgan fingerprint density at radius 1 is 1.13 bits per heavy atom. The molecule has 0 saturated carbocycles. The minimum atomic E-state index is -3.89. The lowest BCUT2D eigenvalue weighted by Gasteiger charge is -2.27. The first kappa shape index (κ1) is 22.9. The number of nitrogens with zero attached hydrogens (tertiary/aromatic N) is 1. The van der Waals surface area contributed by atoms with E-state index in [9.17, 15) is 21.6 Å². The van der Waals surface area contributed by atoms with E-state index in [0.717, 1.165) is 0 Å². The van der Waals surface area contributed by atoms with Gasteiger partial charge < -0.3 is 4.90 Å². The van der Waals surface area contributed by atoms with Crippen molar-refractivity contribution in [3.63, 3.8) is 0 Å². The van der Waals surface area contributed by atoms with Crippen LogP contribution in [0.2, 0.25) is 10.0 Å². The topological polar surface area (TPSA) is 101 Å². The number of nitrogens with one attached hydrogen (secondary N) is 1. The van der Waals surface area contributed by atoms with Crippen LogP contribution in [0.1, 0.15) is 23.7 Å². The largest absolute Gasteiger partial charge is 0.335 e. The van der Waals surface area contributed by atoms with Gasteiger partial charge in [0.2, 0.25) is 0 Å². The van der Waals surface area contributed by atoms with Crippen LogP contribution in [-0.4, -0.2) is 51.7 Å². The summed E-state index contributed by atoms with van der Waals surface area (Å²) < 4.78 is 51.0. The van der Waals surface area contributed by atoms with Gasteiger partial charge in [-0.2, -0.15) is 0 Å². The molecular formula is C19H20Cl2N2O5S2. The smallest absolute Gasteiger partial charge is 0.261 e. The van der Waals surface area contributed by atoms with Crippen LogP contribution in [0.3, 0.4) is 0 Å². The molecule has 1 saturated heterocycles.